The summed E-state index contributed by atoms with van der Waals surface area (Å²) in [7, 11) is 0. The highest BCUT2D eigenvalue weighted by Gasteiger charge is 2.24. The van der Waals surface area contributed by atoms with Gasteiger partial charge in [0.15, 0.2) is 0 Å². The number of carbonyl (C=O) groups excluding carboxylic acids is 1. The molecule has 0 aliphatic carbocycles. The molecule has 1 saturated heterocycles. The van der Waals surface area contributed by atoms with Crippen molar-refractivity contribution in [3.8, 4) is 0 Å². The lowest BCUT2D eigenvalue weighted by Crippen LogP contribution is -2.38. The van der Waals surface area contributed by atoms with Crippen LogP contribution < -0.4 is 16.0 Å². The number of benzene rings is 1. The molecule has 1 atom stereocenters. The number of nitrogens with two attached hydrogens (primary N) is 1. The van der Waals surface area contributed by atoms with E-state index in [1.54, 1.807) is 12.1 Å². The number of hydrogen-bond acceptors (Lipinski definition) is 3. The van der Waals surface area contributed by atoms with Crippen LogP contribution in [0.1, 0.15) is 30.1 Å². The van der Waals surface area contributed by atoms with E-state index in [1.165, 1.54) is 6.07 Å². The second kappa shape index (κ2) is 6.02. The van der Waals surface area contributed by atoms with E-state index in [1.807, 2.05) is 0 Å². The molecule has 3 N–H and O–H groups in total. The zero-order valence-electron chi connectivity index (χ0n) is 11.2. The molecule has 5 heteroatoms. The minimum atomic E-state index is -0.602. The fourth-order valence-electron chi connectivity index (χ4n) is 2.54. The fraction of sp³-hybridized carbons (Fsp3) is 0.500. The van der Waals surface area contributed by atoms with Crippen molar-refractivity contribution < 1.29 is 9.18 Å². The third-order valence-corrected chi connectivity index (χ3v) is 3.48. The number of carbonyl (C=O) groups is 1. The first kappa shape index (κ1) is 13.8. The van der Waals surface area contributed by atoms with Gasteiger partial charge < -0.3 is 16.0 Å². The SMILES string of the molecule is CCCN(c1ccc(C(N)=O)cc1F)C1CCNC1. The van der Waals surface area contributed by atoms with Crippen molar-refractivity contribution in [3.05, 3.63) is 29.6 Å². The van der Waals surface area contributed by atoms with Crippen LogP contribution in [0.4, 0.5) is 10.1 Å². The monoisotopic (exact) mass is 265 g/mol. The molecule has 104 valence electrons. The number of rotatable bonds is 5. The van der Waals surface area contributed by atoms with Crippen molar-refractivity contribution in [2.75, 3.05) is 24.5 Å². The summed E-state index contributed by atoms with van der Waals surface area (Å²) >= 11 is 0. The van der Waals surface area contributed by atoms with Gasteiger partial charge in [0.25, 0.3) is 0 Å². The number of hydrogen-bond donors (Lipinski definition) is 2. The molecule has 1 aromatic rings. The third kappa shape index (κ3) is 3.04. The predicted molar refractivity (Wildman–Crippen MR) is 73.8 cm³/mol. The second-order valence-corrected chi connectivity index (χ2v) is 4.87. The number of primary amides is 1. The van der Waals surface area contributed by atoms with Crippen LogP contribution in [0.5, 0.6) is 0 Å². The maximum Gasteiger partial charge on any atom is 0.248 e. The van der Waals surface area contributed by atoms with Gasteiger partial charge in [-0.15, -0.1) is 0 Å². The standard InChI is InChI=1S/C14H20FN3O/c1-2-7-18(11-5-6-17-9-11)13-4-3-10(14(16)19)8-12(13)15/h3-4,8,11,17H,2,5-7,9H2,1H3,(H2,16,19). The van der Waals surface area contributed by atoms with E-state index in [9.17, 15) is 9.18 Å². The van der Waals surface area contributed by atoms with Crippen molar-refractivity contribution in [2.45, 2.75) is 25.8 Å². The average Bonchev–Trinajstić information content (AvgIpc) is 2.90. The highest BCUT2D eigenvalue weighted by molar-refractivity contribution is 5.93. The molecule has 0 spiro atoms. The zero-order valence-corrected chi connectivity index (χ0v) is 11.2. The molecule has 2 rings (SSSR count). The summed E-state index contributed by atoms with van der Waals surface area (Å²) < 4.78 is 14.2. The lowest BCUT2D eigenvalue weighted by molar-refractivity contribution is 0.1000. The topological polar surface area (TPSA) is 58.4 Å². The first-order valence-electron chi connectivity index (χ1n) is 6.70. The quantitative estimate of drug-likeness (QED) is 0.848. The van der Waals surface area contributed by atoms with E-state index in [0.717, 1.165) is 32.5 Å². The van der Waals surface area contributed by atoms with E-state index < -0.39 is 5.91 Å². The maximum atomic E-state index is 14.2. The number of halogens is 1. The molecule has 1 heterocycles. The Morgan fingerprint density at radius 1 is 1.58 bits per heavy atom. The average molecular weight is 265 g/mol. The van der Waals surface area contributed by atoms with Crippen molar-refractivity contribution in [1.82, 2.24) is 5.32 Å². The van der Waals surface area contributed by atoms with Gasteiger partial charge >= 0.3 is 0 Å². The Labute approximate surface area is 112 Å². The highest BCUT2D eigenvalue weighted by Crippen LogP contribution is 2.25. The molecule has 1 aromatic carbocycles. The van der Waals surface area contributed by atoms with Crippen LogP contribution in [0.3, 0.4) is 0 Å². The van der Waals surface area contributed by atoms with Crippen LogP contribution in [-0.2, 0) is 0 Å². The molecule has 1 aliphatic heterocycles. The Morgan fingerprint density at radius 2 is 2.37 bits per heavy atom. The zero-order chi connectivity index (χ0) is 13.8. The molecular weight excluding hydrogens is 245 g/mol. The van der Waals surface area contributed by atoms with Gasteiger partial charge in [-0.3, -0.25) is 4.79 Å². The first-order valence-corrected chi connectivity index (χ1v) is 6.70. The van der Waals surface area contributed by atoms with E-state index in [-0.39, 0.29) is 11.4 Å². The summed E-state index contributed by atoms with van der Waals surface area (Å²) in [6, 6.07) is 4.78. The first-order chi connectivity index (χ1) is 9.13. The van der Waals surface area contributed by atoms with Gasteiger partial charge in [0, 0.05) is 24.7 Å². The largest absolute Gasteiger partial charge is 0.366 e. The Morgan fingerprint density at radius 3 is 2.89 bits per heavy atom. The lowest BCUT2D eigenvalue weighted by Gasteiger charge is -2.30. The van der Waals surface area contributed by atoms with Gasteiger partial charge in [-0.05, 0) is 37.6 Å². The van der Waals surface area contributed by atoms with Crippen LogP contribution >= 0.6 is 0 Å². The maximum absolute atomic E-state index is 14.2. The number of nitrogens with zero attached hydrogens (tertiary/aromatic N) is 1. The summed E-state index contributed by atoms with van der Waals surface area (Å²) in [5.41, 5.74) is 5.93. The number of nitrogens with one attached hydrogen (secondary N) is 1. The molecule has 0 radical (unpaired) electrons. The highest BCUT2D eigenvalue weighted by atomic mass is 19.1. The van der Waals surface area contributed by atoms with Gasteiger partial charge in [0.1, 0.15) is 5.82 Å². The molecule has 1 unspecified atom stereocenters. The van der Waals surface area contributed by atoms with Crippen LogP contribution in [0.2, 0.25) is 0 Å². The summed E-state index contributed by atoms with van der Waals surface area (Å²) in [5.74, 6) is -0.980. The van der Waals surface area contributed by atoms with Crippen LogP contribution in [0.25, 0.3) is 0 Å². The van der Waals surface area contributed by atoms with E-state index in [2.05, 4.69) is 17.1 Å². The van der Waals surface area contributed by atoms with Crippen LogP contribution in [0.15, 0.2) is 18.2 Å². The molecule has 0 aromatic heterocycles. The Hall–Kier alpha value is -1.62. The molecular formula is C14H20FN3O. The molecule has 1 aliphatic rings. The number of amides is 1. The Bertz CT molecular complexity index is 458. The van der Waals surface area contributed by atoms with Gasteiger partial charge in [-0.2, -0.15) is 0 Å². The summed E-state index contributed by atoms with van der Waals surface area (Å²) in [6.45, 7) is 4.72. The van der Waals surface area contributed by atoms with Crippen LogP contribution in [0, 0.1) is 5.82 Å². The second-order valence-electron chi connectivity index (χ2n) is 4.87. The molecule has 4 nitrogen and oxygen atoms in total. The minimum Gasteiger partial charge on any atom is -0.366 e. The molecule has 19 heavy (non-hydrogen) atoms. The third-order valence-electron chi connectivity index (χ3n) is 3.48. The Balaban J connectivity index is 2.28. The predicted octanol–water partition coefficient (Wildman–Crippen LogP) is 1.50. The molecule has 1 fully saturated rings. The van der Waals surface area contributed by atoms with Gasteiger partial charge in [0.05, 0.1) is 5.69 Å². The van der Waals surface area contributed by atoms with Crippen molar-refractivity contribution in [1.29, 1.82) is 0 Å². The fourth-order valence-corrected chi connectivity index (χ4v) is 2.54. The van der Waals surface area contributed by atoms with E-state index in [4.69, 9.17) is 5.73 Å². The van der Waals surface area contributed by atoms with Gasteiger partial charge in [-0.25, -0.2) is 4.39 Å². The normalized spacial score (nSPS) is 18.5. The summed E-state index contributed by atoms with van der Waals surface area (Å²) in [6.07, 6.45) is 1.96. The molecule has 0 bridgehead atoms. The summed E-state index contributed by atoms with van der Waals surface area (Å²) in [5, 5.41) is 3.29. The smallest absolute Gasteiger partial charge is 0.248 e. The Kier molecular flexibility index (Phi) is 4.37. The molecule has 1 amide bonds. The van der Waals surface area contributed by atoms with Crippen molar-refractivity contribution >= 4 is 11.6 Å². The van der Waals surface area contributed by atoms with Gasteiger partial charge in [-0.1, -0.05) is 6.92 Å². The lowest BCUT2D eigenvalue weighted by atomic mass is 10.1. The van der Waals surface area contributed by atoms with Crippen molar-refractivity contribution in [2.24, 2.45) is 5.73 Å². The van der Waals surface area contributed by atoms with E-state index in [0.29, 0.717) is 11.7 Å². The minimum absolute atomic E-state index is 0.210. The van der Waals surface area contributed by atoms with E-state index >= 15 is 0 Å². The van der Waals surface area contributed by atoms with Crippen LogP contribution in [-0.4, -0.2) is 31.6 Å². The van der Waals surface area contributed by atoms with Crippen molar-refractivity contribution in [3.63, 3.8) is 0 Å². The number of anilines is 1. The van der Waals surface area contributed by atoms with Gasteiger partial charge in [0.2, 0.25) is 5.91 Å². The molecule has 0 saturated carbocycles. The summed E-state index contributed by atoms with van der Waals surface area (Å²) in [4.78, 5) is 13.1.